The fourth-order valence-electron chi connectivity index (χ4n) is 2.60. The second-order valence-electron chi connectivity index (χ2n) is 5.84. The maximum atomic E-state index is 13.0. The Hall–Kier alpha value is -1.55. The Bertz CT molecular complexity index is 599. The number of nitrogens with zero attached hydrogens (tertiary/aromatic N) is 3. The maximum absolute atomic E-state index is 13.0. The molecule has 0 bridgehead atoms. The van der Waals surface area contributed by atoms with Crippen LogP contribution in [0.5, 0.6) is 0 Å². The molecule has 0 spiro atoms. The van der Waals surface area contributed by atoms with Gasteiger partial charge in [-0.25, -0.2) is 0 Å². The van der Waals surface area contributed by atoms with E-state index in [1.54, 1.807) is 4.90 Å². The van der Waals surface area contributed by atoms with Crippen LogP contribution in [-0.4, -0.2) is 51.2 Å². The van der Waals surface area contributed by atoms with Gasteiger partial charge in [0.2, 0.25) is 5.91 Å². The molecule has 1 amide bonds. The van der Waals surface area contributed by atoms with Crippen LogP contribution in [0.1, 0.15) is 37.7 Å². The molecular formula is C15H21F3N4O2S. The Balaban J connectivity index is 1.96. The molecule has 1 fully saturated rings. The minimum absolute atomic E-state index is 0.0965. The number of hydrogen-bond acceptors (Lipinski definition) is 5. The molecule has 1 saturated heterocycles. The van der Waals surface area contributed by atoms with Gasteiger partial charge >= 0.3 is 11.3 Å². The summed E-state index contributed by atoms with van der Waals surface area (Å²) < 4.78 is 50.5. The summed E-state index contributed by atoms with van der Waals surface area (Å²) in [5.74, 6) is -0.283. The number of likely N-dealkylation sites (tertiary alicyclic amines) is 1. The number of aromatic nitrogens is 2. The molecule has 2 heterocycles. The number of halogens is 3. The number of carbonyl (C=O) groups excluding carboxylic acids is 1. The van der Waals surface area contributed by atoms with E-state index in [-0.39, 0.29) is 23.4 Å². The molecular weight excluding hydrogens is 357 g/mol. The van der Waals surface area contributed by atoms with Crippen LogP contribution < -0.4 is 5.32 Å². The summed E-state index contributed by atoms with van der Waals surface area (Å²) in [7, 11) is 0. The van der Waals surface area contributed by atoms with Gasteiger partial charge in [-0.1, -0.05) is 6.42 Å². The molecule has 1 unspecified atom stereocenters. The molecule has 0 saturated carbocycles. The average molecular weight is 378 g/mol. The highest BCUT2D eigenvalue weighted by molar-refractivity contribution is 7.90. The fraction of sp³-hybridized carbons (Fsp3) is 0.667. The lowest BCUT2D eigenvalue weighted by molar-refractivity contribution is -0.137. The number of hydrogen-bond donors (Lipinski definition) is 1. The molecule has 1 aromatic heterocycles. The summed E-state index contributed by atoms with van der Waals surface area (Å²) in [4.78, 5) is 20.9. The summed E-state index contributed by atoms with van der Waals surface area (Å²) >= 11 is -1.57. The van der Waals surface area contributed by atoms with E-state index in [0.29, 0.717) is 32.1 Å². The van der Waals surface area contributed by atoms with E-state index < -0.39 is 22.9 Å². The third kappa shape index (κ3) is 5.74. The molecule has 0 aliphatic carbocycles. The molecule has 1 aliphatic rings. The number of nitrogens with one attached hydrogen (secondary N) is 1. The van der Waals surface area contributed by atoms with Crippen LogP contribution in [-0.2, 0) is 22.1 Å². The smallest absolute Gasteiger partial charge is 0.421 e. The van der Waals surface area contributed by atoms with Gasteiger partial charge in [0.05, 0.1) is 0 Å². The van der Waals surface area contributed by atoms with E-state index in [0.717, 1.165) is 19.3 Å². The number of carbonyl (C=O) groups is 1. The van der Waals surface area contributed by atoms with Gasteiger partial charge in [0.25, 0.3) is 0 Å². The van der Waals surface area contributed by atoms with Crippen molar-refractivity contribution >= 4 is 22.9 Å². The highest BCUT2D eigenvalue weighted by atomic mass is 32.2. The SMILES string of the molecule is C[S+]([O-])c1ncc(C(F)(F)F)c(NCCCN2CCCCCC2=O)n1. The maximum Gasteiger partial charge on any atom is 0.421 e. The summed E-state index contributed by atoms with van der Waals surface area (Å²) in [6.07, 6.45) is 1.24. The van der Waals surface area contributed by atoms with Gasteiger partial charge < -0.3 is 14.8 Å². The third-order valence-electron chi connectivity index (χ3n) is 3.90. The van der Waals surface area contributed by atoms with Crippen molar-refractivity contribution in [2.24, 2.45) is 0 Å². The van der Waals surface area contributed by atoms with Gasteiger partial charge in [-0.2, -0.15) is 23.1 Å². The summed E-state index contributed by atoms with van der Waals surface area (Å²) in [5.41, 5.74) is -0.993. The average Bonchev–Trinajstić information content (AvgIpc) is 2.75. The highest BCUT2D eigenvalue weighted by Gasteiger charge is 2.36. The van der Waals surface area contributed by atoms with Gasteiger partial charge in [-0.15, -0.1) is 0 Å². The predicted molar refractivity (Wildman–Crippen MR) is 87.5 cm³/mol. The number of alkyl halides is 3. The Labute approximate surface area is 147 Å². The van der Waals surface area contributed by atoms with E-state index in [2.05, 4.69) is 15.3 Å². The molecule has 6 nitrogen and oxygen atoms in total. The van der Waals surface area contributed by atoms with Crippen molar-refractivity contribution in [2.75, 3.05) is 31.2 Å². The minimum atomic E-state index is -4.60. The Morgan fingerprint density at radius 1 is 1.36 bits per heavy atom. The van der Waals surface area contributed by atoms with Gasteiger partial charge in [-0.3, -0.25) is 4.79 Å². The summed E-state index contributed by atoms with van der Waals surface area (Å²) in [6, 6.07) is 0. The standard InChI is InChI=1S/C15H21F3N4O2S/c1-25(24)14-20-10-11(15(16,17)18)13(21-14)19-7-5-9-22-8-4-2-3-6-12(22)23/h10H,2-9H2,1H3,(H,19,20,21). The quantitative estimate of drug-likeness (QED) is 0.467. The zero-order chi connectivity index (χ0) is 18.4. The first kappa shape index (κ1) is 19.8. The monoisotopic (exact) mass is 378 g/mol. The van der Waals surface area contributed by atoms with E-state index in [1.807, 2.05) is 0 Å². The molecule has 1 aliphatic heterocycles. The van der Waals surface area contributed by atoms with Crippen molar-refractivity contribution in [3.05, 3.63) is 11.8 Å². The zero-order valence-corrected chi connectivity index (χ0v) is 14.8. The van der Waals surface area contributed by atoms with Crippen molar-refractivity contribution in [3.8, 4) is 0 Å². The van der Waals surface area contributed by atoms with Crippen LogP contribution in [0.4, 0.5) is 19.0 Å². The van der Waals surface area contributed by atoms with E-state index >= 15 is 0 Å². The Kier molecular flexibility index (Phi) is 6.88. The van der Waals surface area contributed by atoms with Crippen molar-refractivity contribution in [2.45, 2.75) is 43.4 Å². The molecule has 1 atom stereocenters. The van der Waals surface area contributed by atoms with Crippen LogP contribution in [0.15, 0.2) is 11.4 Å². The van der Waals surface area contributed by atoms with Crippen molar-refractivity contribution in [1.82, 2.24) is 14.9 Å². The Morgan fingerprint density at radius 2 is 2.12 bits per heavy atom. The van der Waals surface area contributed by atoms with Gasteiger partial charge in [0.15, 0.2) is 0 Å². The first-order valence-corrected chi connectivity index (χ1v) is 9.64. The topological polar surface area (TPSA) is 81.2 Å². The first-order valence-electron chi connectivity index (χ1n) is 8.08. The van der Waals surface area contributed by atoms with Crippen molar-refractivity contribution < 1.29 is 22.5 Å². The second kappa shape index (κ2) is 8.70. The second-order valence-corrected chi connectivity index (χ2v) is 7.11. The third-order valence-corrected chi connectivity index (χ3v) is 4.61. The van der Waals surface area contributed by atoms with Crippen LogP contribution in [0, 0.1) is 0 Å². The lowest BCUT2D eigenvalue weighted by atomic mass is 10.2. The lowest BCUT2D eigenvalue weighted by Gasteiger charge is -2.20. The number of rotatable bonds is 6. The molecule has 0 radical (unpaired) electrons. The van der Waals surface area contributed by atoms with E-state index in [9.17, 15) is 22.5 Å². The van der Waals surface area contributed by atoms with Crippen LogP contribution in [0.25, 0.3) is 0 Å². The molecule has 140 valence electrons. The van der Waals surface area contributed by atoms with Crippen molar-refractivity contribution in [1.29, 1.82) is 0 Å². The van der Waals surface area contributed by atoms with Crippen molar-refractivity contribution in [3.63, 3.8) is 0 Å². The number of amides is 1. The zero-order valence-electron chi connectivity index (χ0n) is 13.9. The number of anilines is 1. The van der Waals surface area contributed by atoms with Gasteiger partial charge in [0.1, 0.15) is 17.6 Å². The molecule has 25 heavy (non-hydrogen) atoms. The van der Waals surface area contributed by atoms with Gasteiger partial charge in [0, 0.05) is 43.4 Å². The van der Waals surface area contributed by atoms with Crippen LogP contribution in [0.3, 0.4) is 0 Å². The van der Waals surface area contributed by atoms with Crippen LogP contribution >= 0.6 is 0 Å². The largest absolute Gasteiger partial charge is 0.609 e. The molecule has 2 rings (SSSR count). The van der Waals surface area contributed by atoms with E-state index in [1.165, 1.54) is 6.26 Å². The predicted octanol–water partition coefficient (Wildman–Crippen LogP) is 2.44. The molecule has 0 aromatic carbocycles. The lowest BCUT2D eigenvalue weighted by Crippen LogP contribution is -2.32. The summed E-state index contributed by atoms with van der Waals surface area (Å²) in [5, 5.41) is 2.49. The normalized spacial score (nSPS) is 17.3. The molecule has 1 aromatic rings. The minimum Gasteiger partial charge on any atom is -0.609 e. The molecule has 10 heteroatoms. The highest BCUT2D eigenvalue weighted by Crippen LogP contribution is 2.33. The van der Waals surface area contributed by atoms with Crippen LogP contribution in [0.2, 0.25) is 0 Å². The summed E-state index contributed by atoms with van der Waals surface area (Å²) in [6.45, 7) is 1.41. The van der Waals surface area contributed by atoms with Gasteiger partial charge in [-0.05, 0) is 19.3 Å². The molecule has 1 N–H and O–H groups in total. The Morgan fingerprint density at radius 3 is 2.80 bits per heavy atom. The van der Waals surface area contributed by atoms with E-state index in [4.69, 9.17) is 0 Å². The first-order chi connectivity index (χ1) is 11.8. The fourth-order valence-corrected chi connectivity index (χ4v) is 3.02.